The van der Waals surface area contributed by atoms with Crippen LogP contribution in [0.25, 0.3) is 0 Å². The van der Waals surface area contributed by atoms with Crippen LogP contribution in [0.1, 0.15) is 25.7 Å². The molecule has 0 heterocycles. The molecule has 0 atom stereocenters. The third-order valence-corrected chi connectivity index (χ3v) is 4.86. The maximum atomic E-state index is 12.2. The van der Waals surface area contributed by atoms with Crippen molar-refractivity contribution in [3.8, 4) is 0 Å². The molecule has 0 bridgehead atoms. The van der Waals surface area contributed by atoms with E-state index in [-0.39, 0.29) is 16.6 Å². The highest BCUT2D eigenvalue weighted by molar-refractivity contribution is 7.89. The quantitative estimate of drug-likeness (QED) is 0.424. The molecular weight excluding hydrogens is 284 g/mol. The van der Waals surface area contributed by atoms with Crippen LogP contribution in [0, 0.1) is 10.1 Å². The summed E-state index contributed by atoms with van der Waals surface area (Å²) in [4.78, 5) is 9.95. The number of hydrogen-bond donors (Lipinski definition) is 3. The van der Waals surface area contributed by atoms with Gasteiger partial charge in [0, 0.05) is 12.1 Å². The van der Waals surface area contributed by atoms with Gasteiger partial charge in [0.1, 0.15) is 0 Å². The van der Waals surface area contributed by atoms with Crippen molar-refractivity contribution in [3.05, 3.63) is 28.3 Å². The Morgan fingerprint density at radius 1 is 1.30 bits per heavy atom. The summed E-state index contributed by atoms with van der Waals surface area (Å²) in [5.74, 6) is 5.17. The van der Waals surface area contributed by atoms with Gasteiger partial charge >= 0.3 is 0 Å². The van der Waals surface area contributed by atoms with Gasteiger partial charge in [-0.2, -0.15) is 0 Å². The molecule has 20 heavy (non-hydrogen) atoms. The molecule has 8 nitrogen and oxygen atoms in total. The van der Waals surface area contributed by atoms with Crippen LogP contribution in [-0.2, 0) is 10.0 Å². The van der Waals surface area contributed by atoms with E-state index in [2.05, 4.69) is 10.1 Å². The molecule has 0 unspecified atom stereocenters. The Hall–Kier alpha value is -1.71. The maximum absolute atomic E-state index is 12.2. The number of nitrogens with zero attached hydrogens (tertiary/aromatic N) is 1. The van der Waals surface area contributed by atoms with Gasteiger partial charge in [-0.05, 0) is 25.0 Å². The van der Waals surface area contributed by atoms with Gasteiger partial charge in [0.15, 0.2) is 4.90 Å². The van der Waals surface area contributed by atoms with Crippen molar-refractivity contribution >= 4 is 21.4 Å². The van der Waals surface area contributed by atoms with Crippen molar-refractivity contribution < 1.29 is 13.3 Å². The van der Waals surface area contributed by atoms with Crippen LogP contribution in [0.15, 0.2) is 23.1 Å². The van der Waals surface area contributed by atoms with Crippen LogP contribution in [0.5, 0.6) is 0 Å². The maximum Gasteiger partial charge on any atom is 0.291 e. The first-order valence-corrected chi connectivity index (χ1v) is 7.70. The fourth-order valence-corrected chi connectivity index (χ4v) is 3.76. The number of hydrogen-bond acceptors (Lipinski definition) is 6. The molecule has 0 spiro atoms. The lowest BCUT2D eigenvalue weighted by Crippen LogP contribution is -2.33. The zero-order valence-electron chi connectivity index (χ0n) is 10.7. The molecule has 0 radical (unpaired) electrons. The number of hydrazine groups is 1. The zero-order valence-corrected chi connectivity index (χ0v) is 11.5. The Balaban J connectivity index is 2.37. The van der Waals surface area contributed by atoms with Crippen molar-refractivity contribution in [1.82, 2.24) is 4.72 Å². The van der Waals surface area contributed by atoms with Crippen molar-refractivity contribution in [2.75, 3.05) is 5.43 Å². The second kappa shape index (κ2) is 5.73. The average Bonchev–Trinajstić information content (AvgIpc) is 2.90. The first-order chi connectivity index (χ1) is 9.44. The van der Waals surface area contributed by atoms with E-state index in [1.807, 2.05) is 0 Å². The molecule has 1 aliphatic rings. The number of nitro benzene ring substituents is 1. The Bertz CT molecular complexity index is 611. The Morgan fingerprint density at radius 3 is 2.50 bits per heavy atom. The van der Waals surface area contributed by atoms with Crippen molar-refractivity contribution in [2.45, 2.75) is 36.6 Å². The van der Waals surface area contributed by atoms with E-state index in [1.165, 1.54) is 12.1 Å². The lowest BCUT2D eigenvalue weighted by atomic mass is 10.3. The number of sulfonamides is 1. The molecule has 110 valence electrons. The first kappa shape index (κ1) is 14.7. The zero-order chi connectivity index (χ0) is 14.8. The summed E-state index contributed by atoms with van der Waals surface area (Å²) < 4.78 is 27.0. The number of anilines is 1. The minimum Gasteiger partial charge on any atom is -0.324 e. The minimum atomic E-state index is -3.90. The van der Waals surface area contributed by atoms with Crippen molar-refractivity contribution in [1.29, 1.82) is 0 Å². The fraction of sp³-hybridized carbons (Fsp3) is 0.455. The summed E-state index contributed by atoms with van der Waals surface area (Å²) in [7, 11) is -3.90. The number of nitrogen functional groups attached to an aromatic ring is 1. The lowest BCUT2D eigenvalue weighted by Gasteiger charge is -2.13. The molecule has 2 rings (SSSR count). The number of nitrogens with two attached hydrogens (primary N) is 1. The smallest absolute Gasteiger partial charge is 0.291 e. The Morgan fingerprint density at radius 2 is 1.95 bits per heavy atom. The normalized spacial score (nSPS) is 16.2. The largest absolute Gasteiger partial charge is 0.324 e. The molecule has 1 aromatic rings. The van der Waals surface area contributed by atoms with Gasteiger partial charge in [-0.15, -0.1) is 0 Å². The fourth-order valence-electron chi connectivity index (χ4n) is 2.30. The number of rotatable bonds is 5. The highest BCUT2D eigenvalue weighted by atomic mass is 32.2. The van der Waals surface area contributed by atoms with Crippen LogP contribution in [-0.4, -0.2) is 19.4 Å². The molecule has 1 aromatic carbocycles. The number of nitro groups is 1. The molecule has 4 N–H and O–H groups in total. The SMILES string of the molecule is NNc1ccc(S(=O)(=O)NC2CCCC2)c([N+](=O)[O-])c1. The predicted molar refractivity (Wildman–Crippen MR) is 73.5 cm³/mol. The molecule has 1 saturated carbocycles. The average molecular weight is 300 g/mol. The molecule has 0 aromatic heterocycles. The molecule has 1 aliphatic carbocycles. The van der Waals surface area contributed by atoms with Gasteiger partial charge in [-0.25, -0.2) is 13.1 Å². The molecular formula is C11H16N4O4S. The standard InChI is InChI=1S/C11H16N4O4S/c12-13-9-5-6-11(10(7-9)15(16)17)20(18,19)14-8-3-1-2-4-8/h5-8,13-14H,1-4,12H2. The molecule has 0 aliphatic heterocycles. The van der Waals surface area contributed by atoms with Crippen LogP contribution in [0.4, 0.5) is 11.4 Å². The highest BCUT2D eigenvalue weighted by Gasteiger charge is 2.29. The van der Waals surface area contributed by atoms with E-state index >= 15 is 0 Å². The summed E-state index contributed by atoms with van der Waals surface area (Å²) in [5, 5.41) is 11.0. The monoisotopic (exact) mass is 300 g/mol. The van der Waals surface area contributed by atoms with E-state index in [0.717, 1.165) is 31.7 Å². The Kier molecular flexibility index (Phi) is 4.21. The van der Waals surface area contributed by atoms with Gasteiger partial charge in [-0.1, -0.05) is 12.8 Å². The second-order valence-corrected chi connectivity index (χ2v) is 6.37. The second-order valence-electron chi connectivity index (χ2n) is 4.69. The minimum absolute atomic E-state index is 0.146. The van der Waals surface area contributed by atoms with Crippen molar-refractivity contribution in [3.63, 3.8) is 0 Å². The summed E-state index contributed by atoms with van der Waals surface area (Å²) in [6.45, 7) is 0. The van der Waals surface area contributed by atoms with E-state index in [1.54, 1.807) is 0 Å². The van der Waals surface area contributed by atoms with Crippen molar-refractivity contribution in [2.24, 2.45) is 5.84 Å². The topological polar surface area (TPSA) is 127 Å². The van der Waals surface area contributed by atoms with Crippen LogP contribution >= 0.6 is 0 Å². The summed E-state index contributed by atoms with van der Waals surface area (Å²) in [6.07, 6.45) is 3.45. The van der Waals surface area contributed by atoms with E-state index in [9.17, 15) is 18.5 Å². The van der Waals surface area contributed by atoms with E-state index < -0.39 is 20.6 Å². The third kappa shape index (κ3) is 3.06. The van der Waals surface area contributed by atoms with Crippen LogP contribution in [0.3, 0.4) is 0 Å². The lowest BCUT2D eigenvalue weighted by molar-refractivity contribution is -0.387. The highest BCUT2D eigenvalue weighted by Crippen LogP contribution is 2.28. The summed E-state index contributed by atoms with van der Waals surface area (Å²) in [5.41, 5.74) is 2.03. The van der Waals surface area contributed by atoms with E-state index in [0.29, 0.717) is 0 Å². The summed E-state index contributed by atoms with van der Waals surface area (Å²) >= 11 is 0. The third-order valence-electron chi connectivity index (χ3n) is 3.29. The molecule has 0 amide bonds. The van der Waals surface area contributed by atoms with Crippen LogP contribution in [0.2, 0.25) is 0 Å². The van der Waals surface area contributed by atoms with Gasteiger partial charge in [0.2, 0.25) is 10.0 Å². The Labute approximate surface area is 116 Å². The number of benzene rings is 1. The summed E-state index contributed by atoms with van der Waals surface area (Å²) in [6, 6.07) is 3.52. The predicted octanol–water partition coefficient (Wildman–Crippen LogP) is 1.10. The van der Waals surface area contributed by atoms with Crippen LogP contribution < -0.4 is 16.0 Å². The van der Waals surface area contributed by atoms with Gasteiger partial charge in [0.25, 0.3) is 5.69 Å². The van der Waals surface area contributed by atoms with Gasteiger partial charge in [0.05, 0.1) is 10.6 Å². The van der Waals surface area contributed by atoms with E-state index in [4.69, 9.17) is 5.84 Å². The molecule has 1 fully saturated rings. The van der Waals surface area contributed by atoms with Gasteiger partial charge < -0.3 is 5.43 Å². The first-order valence-electron chi connectivity index (χ1n) is 6.21. The number of nitrogens with one attached hydrogen (secondary N) is 2. The molecule has 9 heteroatoms. The molecule has 0 saturated heterocycles. The van der Waals surface area contributed by atoms with Gasteiger partial charge in [-0.3, -0.25) is 16.0 Å².